The maximum absolute atomic E-state index is 13.7. The Balaban J connectivity index is 1.94. The van der Waals surface area contributed by atoms with Crippen LogP contribution >= 0.6 is 12.2 Å². The van der Waals surface area contributed by atoms with E-state index in [2.05, 4.69) is 36.6 Å². The van der Waals surface area contributed by atoms with E-state index in [-0.39, 0.29) is 17.1 Å². The molecule has 0 heterocycles. The average molecular weight is 348 g/mol. The molecular weight excluding hydrogens is 326 g/mol. The summed E-state index contributed by atoms with van der Waals surface area (Å²) >= 11 is 5.23. The number of rotatable bonds is 5. The molecule has 0 saturated carbocycles. The number of benzene rings is 2. The van der Waals surface area contributed by atoms with Crippen LogP contribution in [0, 0.1) is 11.6 Å². The molecule has 0 unspecified atom stereocenters. The molecule has 2 aromatic rings. The third-order valence-electron chi connectivity index (χ3n) is 3.93. The maximum Gasteiger partial charge on any atom is 0.171 e. The lowest BCUT2D eigenvalue weighted by Crippen LogP contribution is -2.39. The van der Waals surface area contributed by atoms with Crippen molar-refractivity contribution in [3.63, 3.8) is 0 Å². The summed E-state index contributed by atoms with van der Waals surface area (Å²) in [6, 6.07) is 13.7. The molecule has 0 radical (unpaired) electrons. The van der Waals surface area contributed by atoms with Gasteiger partial charge in [-0.1, -0.05) is 44.2 Å². The van der Waals surface area contributed by atoms with Crippen LogP contribution in [0.25, 0.3) is 0 Å². The van der Waals surface area contributed by atoms with Crippen molar-refractivity contribution in [1.29, 1.82) is 0 Å². The monoisotopic (exact) mass is 348 g/mol. The van der Waals surface area contributed by atoms with Crippen LogP contribution in [0.15, 0.2) is 48.5 Å². The Bertz CT molecular complexity index is 702. The van der Waals surface area contributed by atoms with Crippen LogP contribution < -0.4 is 10.6 Å². The van der Waals surface area contributed by atoms with Gasteiger partial charge in [0, 0.05) is 12.1 Å². The molecule has 0 aromatic heterocycles. The van der Waals surface area contributed by atoms with Gasteiger partial charge in [0.1, 0.15) is 11.6 Å². The van der Waals surface area contributed by atoms with E-state index in [9.17, 15) is 8.78 Å². The van der Waals surface area contributed by atoms with Crippen molar-refractivity contribution < 1.29 is 8.78 Å². The predicted molar refractivity (Wildman–Crippen MR) is 99.3 cm³/mol. The molecule has 2 nitrogen and oxygen atoms in total. The van der Waals surface area contributed by atoms with E-state index >= 15 is 0 Å². The van der Waals surface area contributed by atoms with E-state index in [0.29, 0.717) is 5.11 Å². The Labute approximate surface area is 147 Å². The van der Waals surface area contributed by atoms with Gasteiger partial charge in [-0.15, -0.1) is 0 Å². The third kappa shape index (κ3) is 4.99. The Morgan fingerprint density at radius 3 is 2.42 bits per heavy atom. The standard InChI is InChI=1S/C19H22F2N2S/c1-13(12-19(2,3)14-7-5-4-6-8-14)22-18(24)23-17-10-9-15(20)11-16(17)21/h4-11,13H,12H2,1-3H3,(H2,22,23,24)/t13-/m1/s1. The number of halogens is 2. The van der Waals surface area contributed by atoms with Crippen molar-refractivity contribution in [3.05, 3.63) is 65.7 Å². The largest absolute Gasteiger partial charge is 0.360 e. The molecule has 2 rings (SSSR count). The van der Waals surface area contributed by atoms with Crippen LogP contribution in [0.3, 0.4) is 0 Å². The second-order valence-electron chi connectivity index (χ2n) is 6.58. The molecule has 5 heteroatoms. The highest BCUT2D eigenvalue weighted by atomic mass is 32.1. The van der Waals surface area contributed by atoms with Crippen molar-refractivity contribution in [2.24, 2.45) is 0 Å². The highest BCUT2D eigenvalue weighted by molar-refractivity contribution is 7.80. The second kappa shape index (κ2) is 7.71. The summed E-state index contributed by atoms with van der Waals surface area (Å²) < 4.78 is 26.6. The van der Waals surface area contributed by atoms with Crippen molar-refractivity contribution in [2.45, 2.75) is 38.6 Å². The molecule has 2 aromatic carbocycles. The quantitative estimate of drug-likeness (QED) is 0.743. The maximum atomic E-state index is 13.7. The molecule has 0 amide bonds. The normalized spacial score (nSPS) is 12.5. The Morgan fingerprint density at radius 1 is 1.12 bits per heavy atom. The molecule has 1 atom stereocenters. The fraction of sp³-hybridized carbons (Fsp3) is 0.316. The van der Waals surface area contributed by atoms with Crippen molar-refractivity contribution in [1.82, 2.24) is 5.32 Å². The Morgan fingerprint density at radius 2 is 1.79 bits per heavy atom. The van der Waals surface area contributed by atoms with Crippen LogP contribution in [-0.4, -0.2) is 11.2 Å². The molecule has 0 aliphatic carbocycles. The summed E-state index contributed by atoms with van der Waals surface area (Å²) in [5.41, 5.74) is 1.38. The van der Waals surface area contributed by atoms with Gasteiger partial charge in [-0.05, 0) is 48.7 Å². The minimum Gasteiger partial charge on any atom is -0.360 e. The zero-order valence-electron chi connectivity index (χ0n) is 14.1. The fourth-order valence-corrected chi connectivity index (χ4v) is 3.11. The summed E-state index contributed by atoms with van der Waals surface area (Å²) in [4.78, 5) is 0. The van der Waals surface area contributed by atoms with Gasteiger partial charge in [0.25, 0.3) is 0 Å². The first-order chi connectivity index (χ1) is 11.3. The first kappa shape index (κ1) is 18.3. The van der Waals surface area contributed by atoms with Gasteiger partial charge < -0.3 is 10.6 Å². The molecule has 2 N–H and O–H groups in total. The molecular formula is C19H22F2N2S. The van der Waals surface area contributed by atoms with Gasteiger partial charge >= 0.3 is 0 Å². The van der Waals surface area contributed by atoms with Crippen LogP contribution in [0.1, 0.15) is 32.8 Å². The van der Waals surface area contributed by atoms with E-state index < -0.39 is 11.6 Å². The average Bonchev–Trinajstić information content (AvgIpc) is 2.50. The van der Waals surface area contributed by atoms with Gasteiger partial charge in [-0.25, -0.2) is 8.78 Å². The summed E-state index contributed by atoms with van der Waals surface area (Å²) in [5, 5.41) is 6.25. The zero-order valence-corrected chi connectivity index (χ0v) is 14.9. The highest BCUT2D eigenvalue weighted by Gasteiger charge is 2.23. The molecule has 0 fully saturated rings. The van der Waals surface area contributed by atoms with Gasteiger partial charge in [0.15, 0.2) is 5.11 Å². The lowest BCUT2D eigenvalue weighted by Gasteiger charge is -2.29. The molecule has 24 heavy (non-hydrogen) atoms. The number of hydrogen-bond acceptors (Lipinski definition) is 1. The summed E-state index contributed by atoms with van der Waals surface area (Å²) in [7, 11) is 0. The van der Waals surface area contributed by atoms with E-state index in [1.165, 1.54) is 17.7 Å². The Hall–Kier alpha value is -2.01. The van der Waals surface area contributed by atoms with Crippen molar-refractivity contribution in [2.75, 3.05) is 5.32 Å². The number of nitrogens with one attached hydrogen (secondary N) is 2. The highest BCUT2D eigenvalue weighted by Crippen LogP contribution is 2.28. The SMILES string of the molecule is C[C@H](CC(C)(C)c1ccccc1)NC(=S)Nc1ccc(F)cc1F. The van der Waals surface area contributed by atoms with Crippen LogP contribution in [-0.2, 0) is 5.41 Å². The second-order valence-corrected chi connectivity index (χ2v) is 6.99. The van der Waals surface area contributed by atoms with Crippen molar-refractivity contribution in [3.8, 4) is 0 Å². The summed E-state index contributed by atoms with van der Waals surface area (Å²) in [6.07, 6.45) is 0.852. The number of thiocarbonyl (C=S) groups is 1. The molecule has 0 aliphatic rings. The van der Waals surface area contributed by atoms with Gasteiger partial charge in [-0.3, -0.25) is 0 Å². The van der Waals surface area contributed by atoms with Crippen LogP contribution in [0.4, 0.5) is 14.5 Å². The van der Waals surface area contributed by atoms with Gasteiger partial charge in [0.2, 0.25) is 0 Å². The molecule has 128 valence electrons. The first-order valence-corrected chi connectivity index (χ1v) is 8.27. The van der Waals surface area contributed by atoms with E-state index in [1.807, 2.05) is 25.1 Å². The van der Waals surface area contributed by atoms with Crippen LogP contribution in [0.5, 0.6) is 0 Å². The lowest BCUT2D eigenvalue weighted by atomic mass is 9.79. The molecule has 0 bridgehead atoms. The smallest absolute Gasteiger partial charge is 0.171 e. The minimum atomic E-state index is -0.670. The zero-order chi connectivity index (χ0) is 17.7. The van der Waals surface area contributed by atoms with Crippen LogP contribution in [0.2, 0.25) is 0 Å². The molecule has 0 aliphatic heterocycles. The number of hydrogen-bond donors (Lipinski definition) is 2. The summed E-state index contributed by atoms with van der Waals surface area (Å²) in [6.45, 7) is 6.38. The summed E-state index contributed by atoms with van der Waals surface area (Å²) in [5.74, 6) is -1.29. The molecule has 0 saturated heterocycles. The third-order valence-corrected chi connectivity index (χ3v) is 4.15. The van der Waals surface area contributed by atoms with Crippen molar-refractivity contribution >= 4 is 23.0 Å². The number of anilines is 1. The predicted octanol–water partition coefficient (Wildman–Crippen LogP) is 5.01. The first-order valence-electron chi connectivity index (χ1n) is 7.86. The van der Waals surface area contributed by atoms with E-state index in [1.54, 1.807) is 0 Å². The fourth-order valence-electron chi connectivity index (χ4n) is 2.80. The minimum absolute atomic E-state index is 0.0234. The van der Waals surface area contributed by atoms with E-state index in [0.717, 1.165) is 12.5 Å². The topological polar surface area (TPSA) is 24.1 Å². The van der Waals surface area contributed by atoms with Gasteiger partial charge in [-0.2, -0.15) is 0 Å². The lowest BCUT2D eigenvalue weighted by molar-refractivity contribution is 0.420. The van der Waals surface area contributed by atoms with Gasteiger partial charge in [0.05, 0.1) is 5.69 Å². The molecule has 0 spiro atoms. The van der Waals surface area contributed by atoms with E-state index in [4.69, 9.17) is 12.2 Å². The Kier molecular flexibility index (Phi) is 5.89.